The first-order valence-corrected chi connectivity index (χ1v) is 0. The molecule has 1 nitrogen and oxygen atoms in total. The molecule has 0 aliphatic carbocycles. The maximum absolute atomic E-state index is 0. The molecule has 0 aromatic heterocycles. The zero-order valence-corrected chi connectivity index (χ0v) is 10.0. The SMILES string of the molecule is [Ba+2].[Cr].[Cu].[Mn].[O-2]. The summed E-state index contributed by atoms with van der Waals surface area (Å²) in [5, 5.41) is 0. The molecule has 0 amide bonds. The van der Waals surface area contributed by atoms with Crippen LogP contribution in [0.5, 0.6) is 0 Å². The molecule has 0 aromatic carbocycles. The molecular weight excluding hydrogens is 324 g/mol. The summed E-state index contributed by atoms with van der Waals surface area (Å²) in [6.45, 7) is 0. The maximum atomic E-state index is 0. The van der Waals surface area contributed by atoms with Gasteiger partial charge in [0.25, 0.3) is 0 Å². The molecule has 5 heteroatoms. The third-order valence-corrected chi connectivity index (χ3v) is 0. The summed E-state index contributed by atoms with van der Waals surface area (Å²) in [4.78, 5) is 0. The normalized spacial score (nSPS) is 0. The average molecular weight is 324 g/mol. The monoisotopic (exact) mass is 324 g/mol. The zero-order chi connectivity index (χ0) is 0. The first kappa shape index (κ1) is 42.5. The Labute approximate surface area is 103 Å². The fourth-order valence-corrected chi connectivity index (χ4v) is 0. The van der Waals surface area contributed by atoms with Crippen LogP contribution in [0.25, 0.3) is 0 Å². The van der Waals surface area contributed by atoms with E-state index in [4.69, 9.17) is 0 Å². The third-order valence-electron chi connectivity index (χ3n) is 0. The van der Waals surface area contributed by atoms with Crippen molar-refractivity contribution in [2.24, 2.45) is 0 Å². The van der Waals surface area contributed by atoms with Crippen LogP contribution in [0.3, 0.4) is 0 Å². The predicted molar refractivity (Wildman–Crippen MR) is 6.44 cm³/mol. The minimum atomic E-state index is 0. The molecule has 2 radical (unpaired) electrons. The largest absolute Gasteiger partial charge is 2.00 e. The first-order valence-electron chi connectivity index (χ1n) is 0. The number of hydrogen-bond acceptors (Lipinski definition) is 0. The van der Waals surface area contributed by atoms with Crippen LogP contribution in [0, 0.1) is 0 Å². The summed E-state index contributed by atoms with van der Waals surface area (Å²) in [5.74, 6) is 0. The maximum Gasteiger partial charge on any atom is 2.00 e. The van der Waals surface area contributed by atoms with Gasteiger partial charge < -0.3 is 5.48 Å². The summed E-state index contributed by atoms with van der Waals surface area (Å²) in [5.41, 5.74) is 0. The van der Waals surface area contributed by atoms with E-state index in [-0.39, 0.29) is 106 Å². The second-order valence-electron chi connectivity index (χ2n) is 0. The van der Waals surface area contributed by atoms with E-state index in [9.17, 15) is 0 Å². The summed E-state index contributed by atoms with van der Waals surface area (Å²) >= 11 is 0. The van der Waals surface area contributed by atoms with Gasteiger partial charge in [-0.15, -0.1) is 0 Å². The molecule has 0 rings (SSSR count). The molecule has 0 bridgehead atoms. The van der Waals surface area contributed by atoms with Gasteiger partial charge in [0.2, 0.25) is 0 Å². The van der Waals surface area contributed by atoms with Crippen molar-refractivity contribution in [3.63, 3.8) is 0 Å². The summed E-state index contributed by atoms with van der Waals surface area (Å²) < 4.78 is 0. The minimum Gasteiger partial charge on any atom is -2.00 e. The first-order chi connectivity index (χ1) is 0. The van der Waals surface area contributed by atoms with Crippen molar-refractivity contribution in [1.82, 2.24) is 0 Å². The standard InChI is InChI=1S/Ba.Cr.Cu.Mn.O/q+2;;;;-2. The van der Waals surface area contributed by atoms with E-state index in [0.29, 0.717) is 0 Å². The topological polar surface area (TPSA) is 28.5 Å². The van der Waals surface area contributed by atoms with Crippen molar-refractivity contribution in [3.05, 3.63) is 0 Å². The van der Waals surface area contributed by atoms with Crippen molar-refractivity contribution in [2.45, 2.75) is 0 Å². The molecule has 0 heterocycles. The quantitative estimate of drug-likeness (QED) is 0.538. The molecule has 5 heavy (non-hydrogen) atoms. The van der Waals surface area contributed by atoms with E-state index in [1.807, 2.05) is 0 Å². The molecule has 0 N–H and O–H groups in total. The molecule has 0 saturated carbocycles. The molecule has 0 aliphatic heterocycles. The van der Waals surface area contributed by atoms with Gasteiger partial charge in [-0.3, -0.25) is 0 Å². The van der Waals surface area contributed by atoms with Crippen molar-refractivity contribution >= 4 is 48.9 Å². The second kappa shape index (κ2) is 27.5. The van der Waals surface area contributed by atoms with Crippen LogP contribution in [0.4, 0.5) is 0 Å². The van der Waals surface area contributed by atoms with Crippen LogP contribution in [-0.4, -0.2) is 48.9 Å². The van der Waals surface area contributed by atoms with E-state index in [1.54, 1.807) is 0 Å². The van der Waals surface area contributed by atoms with Crippen molar-refractivity contribution in [2.75, 3.05) is 0 Å². The molecule has 0 aromatic rings. The van der Waals surface area contributed by atoms with Gasteiger partial charge in [0.05, 0.1) is 0 Å². The molecular formula is BaCrCuMnO. The fraction of sp³-hybridized carbons (Fsp3) is 0. The Kier molecular flexibility index (Phi) is 233. The smallest absolute Gasteiger partial charge is 2.00 e. The Balaban J connectivity index is 0. The Morgan fingerprint density at radius 2 is 1.00 bits per heavy atom. The van der Waals surface area contributed by atoms with Crippen LogP contribution < -0.4 is 0 Å². The minimum absolute atomic E-state index is 0. The molecule has 0 spiro atoms. The van der Waals surface area contributed by atoms with Crippen molar-refractivity contribution in [1.29, 1.82) is 0 Å². The Bertz CT molecular complexity index is 11.6. The van der Waals surface area contributed by atoms with Crippen molar-refractivity contribution in [3.8, 4) is 0 Å². The zero-order valence-electron chi connectivity index (χ0n) is 2.20. The predicted octanol–water partition coefficient (Wildman–Crippen LogP) is -0.507. The summed E-state index contributed by atoms with van der Waals surface area (Å²) in [7, 11) is 0. The molecule has 32 valence electrons. The van der Waals surface area contributed by atoms with Crippen molar-refractivity contribution < 1.29 is 57.0 Å². The van der Waals surface area contributed by atoms with Gasteiger partial charge in [-0.2, -0.15) is 0 Å². The second-order valence-corrected chi connectivity index (χ2v) is 0. The van der Waals surface area contributed by atoms with Gasteiger partial charge in [-0.1, -0.05) is 0 Å². The number of hydrogen-bond donors (Lipinski definition) is 0. The molecule has 0 atom stereocenters. The molecule has 0 unspecified atom stereocenters. The van der Waals surface area contributed by atoms with Gasteiger partial charge in [-0.05, 0) is 0 Å². The summed E-state index contributed by atoms with van der Waals surface area (Å²) in [6.07, 6.45) is 0. The van der Waals surface area contributed by atoms with Gasteiger partial charge in [0, 0.05) is 51.5 Å². The van der Waals surface area contributed by atoms with Crippen LogP contribution in [-0.2, 0) is 57.0 Å². The van der Waals surface area contributed by atoms with Crippen LogP contribution in [0.1, 0.15) is 0 Å². The van der Waals surface area contributed by atoms with E-state index in [2.05, 4.69) is 0 Å². The molecule has 0 fully saturated rings. The van der Waals surface area contributed by atoms with E-state index in [0.717, 1.165) is 0 Å². The molecule has 0 saturated heterocycles. The summed E-state index contributed by atoms with van der Waals surface area (Å²) in [6, 6.07) is 0. The van der Waals surface area contributed by atoms with Crippen LogP contribution in [0.15, 0.2) is 0 Å². The average Bonchev–Trinajstić information content (AvgIpc) is 0. The Morgan fingerprint density at radius 1 is 1.00 bits per heavy atom. The van der Waals surface area contributed by atoms with E-state index < -0.39 is 0 Å². The fourth-order valence-electron chi connectivity index (χ4n) is 0. The van der Waals surface area contributed by atoms with Gasteiger partial charge in [-0.25, -0.2) is 0 Å². The number of rotatable bonds is 0. The third kappa shape index (κ3) is 19.2. The van der Waals surface area contributed by atoms with Gasteiger partial charge in [0.1, 0.15) is 0 Å². The molecule has 0 aliphatic rings. The van der Waals surface area contributed by atoms with Gasteiger partial charge in [0.15, 0.2) is 0 Å². The van der Waals surface area contributed by atoms with Crippen LogP contribution >= 0.6 is 0 Å². The van der Waals surface area contributed by atoms with Crippen LogP contribution in [0.2, 0.25) is 0 Å². The Hall–Kier alpha value is 3.10. The van der Waals surface area contributed by atoms with Gasteiger partial charge >= 0.3 is 48.9 Å². The van der Waals surface area contributed by atoms with E-state index >= 15 is 0 Å². The van der Waals surface area contributed by atoms with E-state index in [1.165, 1.54) is 0 Å². The Morgan fingerprint density at radius 3 is 1.00 bits per heavy atom.